The molecule has 0 radical (unpaired) electrons. The smallest absolute Gasteiger partial charge is 0.335 e. The first-order valence-electron chi connectivity index (χ1n) is 9.63. The third-order valence-corrected chi connectivity index (χ3v) is 5.16. The number of carbonyl (C=O) groups excluding carboxylic acids is 1. The molecule has 2 aromatic rings. The van der Waals surface area contributed by atoms with Gasteiger partial charge in [0.2, 0.25) is 0 Å². The van der Waals surface area contributed by atoms with Gasteiger partial charge in [-0.25, -0.2) is 9.59 Å². The maximum absolute atomic E-state index is 13.3. The van der Waals surface area contributed by atoms with Crippen LogP contribution in [0.2, 0.25) is 0 Å². The molecule has 1 heterocycles. The van der Waals surface area contributed by atoms with Gasteiger partial charge in [0.1, 0.15) is 0 Å². The lowest BCUT2D eigenvalue weighted by molar-refractivity contribution is 0.0697. The Morgan fingerprint density at radius 3 is 2.11 bits per heavy atom. The molecular formula is C22H27N3O3. The first-order chi connectivity index (χ1) is 13.5. The van der Waals surface area contributed by atoms with E-state index in [0.717, 1.165) is 24.3 Å². The van der Waals surface area contributed by atoms with Gasteiger partial charge in [0.25, 0.3) is 0 Å². The molecule has 0 aromatic heterocycles. The molecule has 0 saturated carbocycles. The van der Waals surface area contributed by atoms with Gasteiger partial charge in [0, 0.05) is 37.9 Å². The number of piperazine rings is 1. The molecule has 1 saturated heterocycles. The molecule has 0 atom stereocenters. The van der Waals surface area contributed by atoms with Crippen molar-refractivity contribution in [2.24, 2.45) is 0 Å². The zero-order valence-electron chi connectivity index (χ0n) is 16.4. The topological polar surface area (TPSA) is 64.1 Å². The van der Waals surface area contributed by atoms with E-state index in [0.29, 0.717) is 25.7 Å². The minimum atomic E-state index is -0.953. The summed E-state index contributed by atoms with van der Waals surface area (Å²) in [5.74, 6) is -0.953. The standard InChI is InChI=1S/C22H27N3O3/c1-17(2)23-12-14-24(15-13-23)22(28)25(20-6-4-3-5-7-20)16-18-8-10-19(11-9-18)21(26)27/h3-11,17H,12-16H2,1-2H3,(H,26,27). The van der Waals surface area contributed by atoms with Gasteiger partial charge in [-0.1, -0.05) is 30.3 Å². The van der Waals surface area contributed by atoms with E-state index in [1.54, 1.807) is 29.2 Å². The Hall–Kier alpha value is -2.86. The van der Waals surface area contributed by atoms with Crippen LogP contribution in [0.5, 0.6) is 0 Å². The van der Waals surface area contributed by atoms with Crippen LogP contribution in [0.4, 0.5) is 10.5 Å². The fourth-order valence-corrected chi connectivity index (χ4v) is 3.41. The van der Waals surface area contributed by atoms with E-state index in [1.165, 1.54) is 0 Å². The molecular weight excluding hydrogens is 354 g/mol. The van der Waals surface area contributed by atoms with Crippen molar-refractivity contribution in [1.82, 2.24) is 9.80 Å². The zero-order chi connectivity index (χ0) is 20.1. The van der Waals surface area contributed by atoms with E-state index in [9.17, 15) is 9.59 Å². The maximum Gasteiger partial charge on any atom is 0.335 e. The van der Waals surface area contributed by atoms with Gasteiger partial charge < -0.3 is 10.0 Å². The Bertz CT molecular complexity index is 798. The first kappa shape index (κ1) is 19.9. The average Bonchev–Trinajstić information content (AvgIpc) is 2.72. The molecule has 0 bridgehead atoms. The molecule has 1 fully saturated rings. The number of para-hydroxylation sites is 1. The summed E-state index contributed by atoms with van der Waals surface area (Å²) in [4.78, 5) is 30.4. The number of amides is 2. The van der Waals surface area contributed by atoms with Crippen LogP contribution >= 0.6 is 0 Å². The summed E-state index contributed by atoms with van der Waals surface area (Å²) >= 11 is 0. The lowest BCUT2D eigenvalue weighted by Crippen LogP contribution is -2.54. The molecule has 6 heteroatoms. The van der Waals surface area contributed by atoms with Crippen LogP contribution in [0.3, 0.4) is 0 Å². The summed E-state index contributed by atoms with van der Waals surface area (Å²) in [6.07, 6.45) is 0. The summed E-state index contributed by atoms with van der Waals surface area (Å²) in [7, 11) is 0. The van der Waals surface area contributed by atoms with Gasteiger partial charge >= 0.3 is 12.0 Å². The number of urea groups is 1. The Labute approximate surface area is 166 Å². The van der Waals surface area contributed by atoms with E-state index >= 15 is 0 Å². The lowest BCUT2D eigenvalue weighted by atomic mass is 10.1. The molecule has 1 aliphatic heterocycles. The molecule has 2 aromatic carbocycles. The summed E-state index contributed by atoms with van der Waals surface area (Å²) in [5, 5.41) is 9.08. The van der Waals surface area contributed by atoms with Crippen molar-refractivity contribution in [3.05, 3.63) is 65.7 Å². The molecule has 2 amide bonds. The Balaban J connectivity index is 1.78. The van der Waals surface area contributed by atoms with E-state index in [4.69, 9.17) is 5.11 Å². The van der Waals surface area contributed by atoms with Gasteiger partial charge in [-0.15, -0.1) is 0 Å². The monoisotopic (exact) mass is 381 g/mol. The summed E-state index contributed by atoms with van der Waals surface area (Å²) < 4.78 is 0. The highest BCUT2D eigenvalue weighted by molar-refractivity contribution is 5.92. The molecule has 6 nitrogen and oxygen atoms in total. The predicted octanol–water partition coefficient (Wildman–Crippen LogP) is 3.54. The maximum atomic E-state index is 13.3. The highest BCUT2D eigenvalue weighted by Gasteiger charge is 2.27. The fraction of sp³-hybridized carbons (Fsp3) is 0.364. The van der Waals surface area contributed by atoms with E-state index < -0.39 is 5.97 Å². The molecule has 0 spiro atoms. The van der Waals surface area contributed by atoms with Gasteiger partial charge in [0.05, 0.1) is 12.1 Å². The normalized spacial score (nSPS) is 14.9. The second-order valence-electron chi connectivity index (χ2n) is 7.32. The molecule has 148 valence electrons. The van der Waals surface area contributed by atoms with Crippen molar-refractivity contribution >= 4 is 17.7 Å². The minimum Gasteiger partial charge on any atom is -0.478 e. The van der Waals surface area contributed by atoms with Crippen LogP contribution in [0.25, 0.3) is 0 Å². The van der Waals surface area contributed by atoms with Crippen LogP contribution < -0.4 is 4.90 Å². The van der Waals surface area contributed by atoms with Crippen molar-refractivity contribution in [2.45, 2.75) is 26.4 Å². The van der Waals surface area contributed by atoms with Crippen molar-refractivity contribution in [3.8, 4) is 0 Å². The number of rotatable bonds is 5. The Morgan fingerprint density at radius 1 is 0.964 bits per heavy atom. The van der Waals surface area contributed by atoms with Gasteiger partial charge in [0.15, 0.2) is 0 Å². The van der Waals surface area contributed by atoms with E-state index in [2.05, 4.69) is 18.7 Å². The van der Waals surface area contributed by atoms with Gasteiger partial charge in [-0.05, 0) is 43.7 Å². The number of nitrogens with zero attached hydrogens (tertiary/aromatic N) is 3. The molecule has 28 heavy (non-hydrogen) atoms. The number of aromatic carboxylic acids is 1. The third kappa shape index (κ3) is 4.70. The van der Waals surface area contributed by atoms with Crippen molar-refractivity contribution < 1.29 is 14.7 Å². The number of carboxylic acid groups (broad SMARTS) is 1. The van der Waals surface area contributed by atoms with Crippen LogP contribution in [-0.4, -0.2) is 59.1 Å². The van der Waals surface area contributed by atoms with Crippen LogP contribution in [0, 0.1) is 0 Å². The average molecular weight is 381 g/mol. The quantitative estimate of drug-likeness (QED) is 0.860. The summed E-state index contributed by atoms with van der Waals surface area (Å²) in [6.45, 7) is 7.91. The van der Waals surface area contributed by atoms with Crippen molar-refractivity contribution in [2.75, 3.05) is 31.1 Å². The molecule has 1 N–H and O–H groups in total. The Morgan fingerprint density at radius 2 is 1.57 bits per heavy atom. The fourth-order valence-electron chi connectivity index (χ4n) is 3.41. The molecule has 0 aliphatic carbocycles. The molecule has 3 rings (SSSR count). The largest absolute Gasteiger partial charge is 0.478 e. The first-order valence-corrected chi connectivity index (χ1v) is 9.63. The van der Waals surface area contributed by atoms with Crippen molar-refractivity contribution in [1.29, 1.82) is 0 Å². The third-order valence-electron chi connectivity index (χ3n) is 5.16. The second-order valence-corrected chi connectivity index (χ2v) is 7.32. The SMILES string of the molecule is CC(C)N1CCN(C(=O)N(Cc2ccc(C(=O)O)cc2)c2ccccc2)CC1. The predicted molar refractivity (Wildman–Crippen MR) is 110 cm³/mol. The number of carboxylic acids is 1. The second kappa shape index (κ2) is 8.89. The number of carbonyl (C=O) groups is 2. The van der Waals surface area contributed by atoms with Crippen LogP contribution in [0.1, 0.15) is 29.8 Å². The van der Waals surface area contributed by atoms with Crippen LogP contribution in [-0.2, 0) is 6.54 Å². The number of hydrogen-bond donors (Lipinski definition) is 1. The van der Waals surface area contributed by atoms with E-state index in [-0.39, 0.29) is 11.6 Å². The number of anilines is 1. The molecule has 1 aliphatic rings. The Kier molecular flexibility index (Phi) is 6.31. The van der Waals surface area contributed by atoms with Gasteiger partial charge in [-0.2, -0.15) is 0 Å². The number of hydrogen-bond acceptors (Lipinski definition) is 3. The lowest BCUT2D eigenvalue weighted by Gasteiger charge is -2.39. The molecule has 0 unspecified atom stereocenters. The number of benzene rings is 2. The minimum absolute atomic E-state index is 0.0167. The highest BCUT2D eigenvalue weighted by atomic mass is 16.4. The summed E-state index contributed by atoms with van der Waals surface area (Å²) in [6, 6.07) is 16.8. The van der Waals surface area contributed by atoms with Crippen molar-refractivity contribution in [3.63, 3.8) is 0 Å². The van der Waals surface area contributed by atoms with Crippen LogP contribution in [0.15, 0.2) is 54.6 Å². The highest BCUT2D eigenvalue weighted by Crippen LogP contribution is 2.20. The summed E-state index contributed by atoms with van der Waals surface area (Å²) in [5.41, 5.74) is 1.97. The van der Waals surface area contributed by atoms with E-state index in [1.807, 2.05) is 35.2 Å². The zero-order valence-corrected chi connectivity index (χ0v) is 16.4. The van der Waals surface area contributed by atoms with Gasteiger partial charge in [-0.3, -0.25) is 9.80 Å².